The molecule has 0 radical (unpaired) electrons. The van der Waals surface area contributed by atoms with Crippen LogP contribution >= 0.6 is 11.8 Å². The predicted octanol–water partition coefficient (Wildman–Crippen LogP) is 4.08. The van der Waals surface area contributed by atoms with Crippen molar-refractivity contribution in [3.8, 4) is 0 Å². The van der Waals surface area contributed by atoms with Crippen LogP contribution in [0, 0.1) is 32.4 Å². The van der Waals surface area contributed by atoms with Crippen molar-refractivity contribution in [2.24, 2.45) is 0 Å². The largest absolute Gasteiger partial charge is 0.336 e. The Morgan fingerprint density at radius 2 is 1.67 bits per heavy atom. The van der Waals surface area contributed by atoms with Gasteiger partial charge in [0.25, 0.3) is 0 Å². The van der Waals surface area contributed by atoms with Gasteiger partial charge in [0.05, 0.1) is 12.3 Å². The summed E-state index contributed by atoms with van der Waals surface area (Å²) in [5.74, 6) is -2.43. The number of hydrogen-bond acceptors (Lipinski definition) is 3. The third kappa shape index (κ3) is 5.79. The Bertz CT molecular complexity index is 848. The van der Waals surface area contributed by atoms with Gasteiger partial charge in [0.1, 0.15) is 0 Å². The first-order chi connectivity index (χ1) is 12.7. The lowest BCUT2D eigenvalue weighted by atomic mass is 10.1. The van der Waals surface area contributed by atoms with E-state index in [2.05, 4.69) is 5.32 Å². The second-order valence-corrected chi connectivity index (χ2v) is 7.49. The Morgan fingerprint density at radius 1 is 1.04 bits per heavy atom. The zero-order valence-corrected chi connectivity index (χ0v) is 16.5. The lowest BCUT2D eigenvalue weighted by Crippen LogP contribution is -2.36. The summed E-state index contributed by atoms with van der Waals surface area (Å²) in [7, 11) is 1.53. The molecule has 0 spiro atoms. The normalized spacial score (nSPS) is 10.6. The highest BCUT2D eigenvalue weighted by atomic mass is 32.2. The van der Waals surface area contributed by atoms with Crippen molar-refractivity contribution in [2.45, 2.75) is 25.7 Å². The molecule has 4 nitrogen and oxygen atoms in total. The van der Waals surface area contributed by atoms with Crippen molar-refractivity contribution in [2.75, 3.05) is 24.7 Å². The molecule has 0 aliphatic rings. The minimum absolute atomic E-state index is 0.0252. The van der Waals surface area contributed by atoms with E-state index >= 15 is 0 Å². The minimum atomic E-state index is -0.955. The maximum Gasteiger partial charge on any atom is 0.243 e. The smallest absolute Gasteiger partial charge is 0.243 e. The third-order valence-electron chi connectivity index (χ3n) is 4.00. The summed E-state index contributed by atoms with van der Waals surface area (Å²) in [5, 5.41) is 2.85. The fourth-order valence-electron chi connectivity index (χ4n) is 2.68. The highest BCUT2D eigenvalue weighted by Crippen LogP contribution is 2.22. The maximum absolute atomic E-state index is 13.2. The molecule has 2 aromatic carbocycles. The van der Waals surface area contributed by atoms with E-state index in [1.165, 1.54) is 18.0 Å². The molecule has 0 aliphatic carbocycles. The summed E-state index contributed by atoms with van der Waals surface area (Å²) >= 11 is 1.09. The summed E-state index contributed by atoms with van der Waals surface area (Å²) in [6, 6.07) is 7.44. The van der Waals surface area contributed by atoms with Crippen molar-refractivity contribution in [1.29, 1.82) is 0 Å². The molecule has 0 fully saturated rings. The van der Waals surface area contributed by atoms with Crippen LogP contribution in [-0.2, 0) is 9.59 Å². The van der Waals surface area contributed by atoms with Gasteiger partial charge in [-0.15, -0.1) is 11.8 Å². The predicted molar refractivity (Wildman–Crippen MR) is 104 cm³/mol. The van der Waals surface area contributed by atoms with Gasteiger partial charge in [-0.05, 0) is 50.1 Å². The number of carbonyl (C=O) groups is 2. The highest BCUT2D eigenvalue weighted by molar-refractivity contribution is 8.00. The number of thioether (sulfide) groups is 1. The topological polar surface area (TPSA) is 49.4 Å². The molecular formula is C20H22F2N2O2S. The Morgan fingerprint density at radius 3 is 2.26 bits per heavy atom. The standard InChI is InChI=1S/C20H22F2N2O2S/c1-12-7-13(2)20(14(3)8-12)23-18(25)10-24(4)19(26)11-27-15-5-6-16(21)17(22)9-15/h5-9H,10-11H2,1-4H3,(H,23,25). The molecule has 0 saturated heterocycles. The van der Waals surface area contributed by atoms with Crippen LogP contribution < -0.4 is 5.32 Å². The Kier molecular flexibility index (Phi) is 6.96. The van der Waals surface area contributed by atoms with Crippen molar-refractivity contribution in [1.82, 2.24) is 4.90 Å². The molecule has 144 valence electrons. The molecule has 0 saturated carbocycles. The second kappa shape index (κ2) is 8.99. The number of amides is 2. The van der Waals surface area contributed by atoms with Gasteiger partial charge >= 0.3 is 0 Å². The minimum Gasteiger partial charge on any atom is -0.336 e. The van der Waals surface area contributed by atoms with Crippen LogP contribution in [0.4, 0.5) is 14.5 Å². The van der Waals surface area contributed by atoms with Gasteiger partial charge in [-0.1, -0.05) is 17.7 Å². The summed E-state index contributed by atoms with van der Waals surface area (Å²) in [6.45, 7) is 5.73. The van der Waals surface area contributed by atoms with Crippen LogP contribution in [0.5, 0.6) is 0 Å². The van der Waals surface area contributed by atoms with E-state index < -0.39 is 11.6 Å². The Balaban J connectivity index is 1.90. The molecule has 2 rings (SSSR count). The number of benzene rings is 2. The molecule has 2 aromatic rings. The quantitative estimate of drug-likeness (QED) is 0.754. The van der Waals surface area contributed by atoms with Gasteiger partial charge in [-0.2, -0.15) is 0 Å². The summed E-state index contributed by atoms with van der Waals surface area (Å²) in [5.41, 5.74) is 3.79. The van der Waals surface area contributed by atoms with E-state index in [1.807, 2.05) is 32.9 Å². The van der Waals surface area contributed by atoms with Crippen LogP contribution in [0.2, 0.25) is 0 Å². The zero-order valence-electron chi connectivity index (χ0n) is 15.7. The molecule has 2 amide bonds. The number of hydrogen-bond donors (Lipinski definition) is 1. The third-order valence-corrected chi connectivity index (χ3v) is 4.98. The van der Waals surface area contributed by atoms with Crippen molar-refractivity contribution < 1.29 is 18.4 Å². The molecule has 7 heteroatoms. The van der Waals surface area contributed by atoms with Gasteiger partial charge in [0.2, 0.25) is 11.8 Å². The highest BCUT2D eigenvalue weighted by Gasteiger charge is 2.15. The first kappa shape index (κ1) is 20.9. The summed E-state index contributed by atoms with van der Waals surface area (Å²) in [4.78, 5) is 26.2. The molecule has 0 aromatic heterocycles. The fourth-order valence-corrected chi connectivity index (χ4v) is 3.54. The first-order valence-electron chi connectivity index (χ1n) is 8.37. The molecule has 0 unspecified atom stereocenters. The van der Waals surface area contributed by atoms with E-state index in [4.69, 9.17) is 0 Å². The molecule has 0 aliphatic heterocycles. The van der Waals surface area contributed by atoms with Gasteiger partial charge in [-0.3, -0.25) is 9.59 Å². The van der Waals surface area contributed by atoms with Crippen LogP contribution in [0.25, 0.3) is 0 Å². The number of carbonyl (C=O) groups excluding carboxylic acids is 2. The number of nitrogens with zero attached hydrogens (tertiary/aromatic N) is 1. The number of nitrogens with one attached hydrogen (secondary N) is 1. The number of aryl methyl sites for hydroxylation is 3. The molecule has 0 bridgehead atoms. The maximum atomic E-state index is 13.2. The summed E-state index contributed by atoms with van der Waals surface area (Å²) < 4.78 is 26.1. The average Bonchev–Trinajstić information content (AvgIpc) is 2.58. The van der Waals surface area contributed by atoms with E-state index in [9.17, 15) is 18.4 Å². The first-order valence-corrected chi connectivity index (χ1v) is 9.35. The van der Waals surface area contributed by atoms with E-state index in [1.54, 1.807) is 0 Å². The van der Waals surface area contributed by atoms with Crippen molar-refractivity contribution in [3.05, 3.63) is 58.7 Å². The van der Waals surface area contributed by atoms with Crippen LogP contribution in [-0.4, -0.2) is 36.1 Å². The number of anilines is 1. The average molecular weight is 392 g/mol. The number of rotatable bonds is 6. The summed E-state index contributed by atoms with van der Waals surface area (Å²) in [6.07, 6.45) is 0. The van der Waals surface area contributed by atoms with Crippen LogP contribution in [0.1, 0.15) is 16.7 Å². The fraction of sp³-hybridized carbons (Fsp3) is 0.300. The van der Waals surface area contributed by atoms with E-state index in [0.717, 1.165) is 46.3 Å². The number of halogens is 2. The monoisotopic (exact) mass is 392 g/mol. The molecule has 27 heavy (non-hydrogen) atoms. The van der Waals surface area contributed by atoms with Gasteiger partial charge in [0, 0.05) is 17.6 Å². The van der Waals surface area contributed by atoms with Gasteiger partial charge in [-0.25, -0.2) is 8.78 Å². The Labute approximate surface area is 161 Å². The van der Waals surface area contributed by atoms with Crippen molar-refractivity contribution >= 4 is 29.3 Å². The zero-order chi connectivity index (χ0) is 20.1. The SMILES string of the molecule is Cc1cc(C)c(NC(=O)CN(C)C(=O)CSc2ccc(F)c(F)c2)c(C)c1. The van der Waals surface area contributed by atoms with Crippen LogP contribution in [0.15, 0.2) is 35.2 Å². The van der Waals surface area contributed by atoms with E-state index in [-0.39, 0.29) is 24.1 Å². The van der Waals surface area contributed by atoms with Gasteiger partial charge in [0.15, 0.2) is 11.6 Å². The van der Waals surface area contributed by atoms with Crippen LogP contribution in [0.3, 0.4) is 0 Å². The van der Waals surface area contributed by atoms with Gasteiger partial charge < -0.3 is 10.2 Å². The lowest BCUT2D eigenvalue weighted by molar-refractivity contribution is -0.131. The molecule has 1 N–H and O–H groups in total. The molecule has 0 atom stereocenters. The van der Waals surface area contributed by atoms with E-state index in [0.29, 0.717) is 4.90 Å². The second-order valence-electron chi connectivity index (χ2n) is 6.44. The number of likely N-dealkylation sites (N-methyl/N-ethyl adjacent to an activating group) is 1. The Hall–Kier alpha value is -2.41. The molecular weight excluding hydrogens is 370 g/mol. The lowest BCUT2D eigenvalue weighted by Gasteiger charge is -2.18. The molecule has 0 heterocycles. The van der Waals surface area contributed by atoms with Crippen molar-refractivity contribution in [3.63, 3.8) is 0 Å².